The number of aryl methyl sites for hydroxylation is 1. The van der Waals surface area contributed by atoms with Crippen LogP contribution in [-0.2, 0) is 13.0 Å². The van der Waals surface area contributed by atoms with Crippen LogP contribution in [0, 0.1) is 0 Å². The third-order valence-electron chi connectivity index (χ3n) is 4.96. The molecule has 2 heterocycles. The number of rotatable bonds is 8. The molecule has 8 heteroatoms. The average Bonchev–Trinajstić information content (AvgIpc) is 3.43. The van der Waals surface area contributed by atoms with E-state index in [0.29, 0.717) is 24.0 Å². The predicted molar refractivity (Wildman–Crippen MR) is 112 cm³/mol. The summed E-state index contributed by atoms with van der Waals surface area (Å²) >= 11 is 0. The van der Waals surface area contributed by atoms with Crippen molar-refractivity contribution in [2.24, 2.45) is 0 Å². The summed E-state index contributed by atoms with van der Waals surface area (Å²) in [4.78, 5) is 4.40. The summed E-state index contributed by atoms with van der Waals surface area (Å²) in [6.07, 6.45) is 1.67. The number of nitrogens with one attached hydrogen (secondary N) is 1. The lowest BCUT2D eigenvalue weighted by atomic mass is 9.98. The highest BCUT2D eigenvalue weighted by Crippen LogP contribution is 2.30. The molecule has 1 atom stereocenters. The van der Waals surface area contributed by atoms with E-state index >= 15 is 0 Å². The average molecular weight is 405 g/mol. The summed E-state index contributed by atoms with van der Waals surface area (Å²) in [5, 5.41) is 18.9. The standard InChI is InChI=1S/C22H24FN7/c1-3-4-9-20-24-22(15(2)23)30(27-20)14-16-10-12-17(13-11-16)18-7-5-6-8-19(18)21-25-28-29-26-21/h5-8,10-13,15H,3-4,9,14H2,1-2H3,(H,25,26,28,29). The topological polar surface area (TPSA) is 85.2 Å². The van der Waals surface area contributed by atoms with E-state index in [4.69, 9.17) is 0 Å². The van der Waals surface area contributed by atoms with Crippen LogP contribution in [0.25, 0.3) is 22.5 Å². The molecule has 154 valence electrons. The normalized spacial score (nSPS) is 12.2. The van der Waals surface area contributed by atoms with Crippen LogP contribution in [0.5, 0.6) is 0 Å². The van der Waals surface area contributed by atoms with E-state index in [1.165, 1.54) is 6.92 Å². The molecular formula is C22H24FN7. The lowest BCUT2D eigenvalue weighted by molar-refractivity contribution is 0.341. The maximum Gasteiger partial charge on any atom is 0.205 e. The van der Waals surface area contributed by atoms with Gasteiger partial charge in [0.15, 0.2) is 17.8 Å². The van der Waals surface area contributed by atoms with Crippen LogP contribution in [0.3, 0.4) is 0 Å². The maximum absolute atomic E-state index is 14.1. The Labute approximate surface area is 174 Å². The fourth-order valence-corrected chi connectivity index (χ4v) is 3.42. The summed E-state index contributed by atoms with van der Waals surface area (Å²) in [7, 11) is 0. The van der Waals surface area contributed by atoms with Crippen LogP contribution in [0.4, 0.5) is 4.39 Å². The van der Waals surface area contributed by atoms with E-state index in [9.17, 15) is 4.39 Å². The van der Waals surface area contributed by atoms with Gasteiger partial charge in [-0.15, -0.1) is 10.2 Å². The van der Waals surface area contributed by atoms with Gasteiger partial charge < -0.3 is 0 Å². The van der Waals surface area contributed by atoms with Crippen molar-refractivity contribution in [2.75, 3.05) is 0 Å². The van der Waals surface area contributed by atoms with Gasteiger partial charge in [0, 0.05) is 12.0 Å². The molecule has 0 spiro atoms. The number of hydrogen-bond acceptors (Lipinski definition) is 5. The number of benzene rings is 2. The van der Waals surface area contributed by atoms with Gasteiger partial charge in [0.25, 0.3) is 0 Å². The Morgan fingerprint density at radius 1 is 1.07 bits per heavy atom. The van der Waals surface area contributed by atoms with Gasteiger partial charge in [-0.1, -0.05) is 61.9 Å². The molecule has 0 fully saturated rings. The Bertz CT molecular complexity index is 1090. The lowest BCUT2D eigenvalue weighted by Crippen LogP contribution is -2.08. The number of tetrazole rings is 1. The minimum absolute atomic E-state index is 0.382. The summed E-state index contributed by atoms with van der Waals surface area (Å²) < 4.78 is 15.7. The van der Waals surface area contributed by atoms with Crippen molar-refractivity contribution < 1.29 is 4.39 Å². The first-order valence-electron chi connectivity index (χ1n) is 10.2. The minimum Gasteiger partial charge on any atom is -0.243 e. The Balaban J connectivity index is 1.58. The number of hydrogen-bond donors (Lipinski definition) is 1. The second-order valence-electron chi connectivity index (χ2n) is 7.24. The largest absolute Gasteiger partial charge is 0.243 e. The lowest BCUT2D eigenvalue weighted by Gasteiger charge is -2.09. The molecule has 30 heavy (non-hydrogen) atoms. The molecule has 4 aromatic rings. The van der Waals surface area contributed by atoms with Gasteiger partial charge in [-0.2, -0.15) is 10.3 Å². The molecular weight excluding hydrogens is 381 g/mol. The van der Waals surface area contributed by atoms with Crippen LogP contribution in [-0.4, -0.2) is 35.4 Å². The zero-order chi connectivity index (χ0) is 20.9. The molecule has 0 aliphatic rings. The van der Waals surface area contributed by atoms with E-state index in [2.05, 4.69) is 37.6 Å². The Hall–Kier alpha value is -3.42. The van der Waals surface area contributed by atoms with E-state index in [1.54, 1.807) is 4.68 Å². The van der Waals surface area contributed by atoms with Crippen LogP contribution < -0.4 is 0 Å². The maximum atomic E-state index is 14.1. The molecule has 7 nitrogen and oxygen atoms in total. The summed E-state index contributed by atoms with van der Waals surface area (Å²) in [5.74, 6) is 1.65. The van der Waals surface area contributed by atoms with Gasteiger partial charge in [0.2, 0.25) is 5.82 Å². The Morgan fingerprint density at radius 2 is 1.83 bits per heavy atom. The number of nitrogens with zero attached hydrogens (tertiary/aromatic N) is 6. The van der Waals surface area contributed by atoms with Crippen molar-refractivity contribution in [3.8, 4) is 22.5 Å². The van der Waals surface area contributed by atoms with Crippen molar-refractivity contribution in [3.63, 3.8) is 0 Å². The molecule has 2 aromatic heterocycles. The summed E-state index contributed by atoms with van der Waals surface area (Å²) in [5.41, 5.74) is 4.00. The third-order valence-corrected chi connectivity index (χ3v) is 4.96. The molecule has 1 N–H and O–H groups in total. The smallest absolute Gasteiger partial charge is 0.205 e. The van der Waals surface area contributed by atoms with Crippen molar-refractivity contribution in [3.05, 3.63) is 65.7 Å². The summed E-state index contributed by atoms with van der Waals surface area (Å²) in [6.45, 7) is 4.10. The highest BCUT2D eigenvalue weighted by Gasteiger charge is 2.16. The van der Waals surface area contributed by atoms with Crippen LogP contribution >= 0.6 is 0 Å². The zero-order valence-corrected chi connectivity index (χ0v) is 17.1. The van der Waals surface area contributed by atoms with Gasteiger partial charge in [-0.05, 0) is 35.2 Å². The fourth-order valence-electron chi connectivity index (χ4n) is 3.42. The van der Waals surface area contributed by atoms with Gasteiger partial charge in [-0.3, -0.25) is 0 Å². The minimum atomic E-state index is -1.16. The first-order valence-corrected chi connectivity index (χ1v) is 10.2. The highest BCUT2D eigenvalue weighted by molar-refractivity contribution is 5.80. The second kappa shape index (κ2) is 8.94. The first kappa shape index (κ1) is 19.9. The van der Waals surface area contributed by atoms with Gasteiger partial charge in [0.05, 0.1) is 6.54 Å². The van der Waals surface area contributed by atoms with Crippen LogP contribution in [0.1, 0.15) is 50.1 Å². The Morgan fingerprint density at radius 3 is 2.50 bits per heavy atom. The number of aromatic nitrogens is 7. The number of aromatic amines is 1. The fraction of sp³-hybridized carbons (Fsp3) is 0.318. The van der Waals surface area contributed by atoms with Crippen molar-refractivity contribution in [1.29, 1.82) is 0 Å². The van der Waals surface area contributed by atoms with Gasteiger partial charge in [0.1, 0.15) is 0 Å². The van der Waals surface area contributed by atoms with Crippen LogP contribution in [0.2, 0.25) is 0 Å². The SMILES string of the molecule is CCCCc1nc(C(C)F)n(Cc2ccc(-c3ccccc3-c3nn[nH]n3)cc2)n1. The molecule has 2 aromatic carbocycles. The molecule has 0 aliphatic carbocycles. The Kier molecular flexibility index (Phi) is 5.92. The monoisotopic (exact) mass is 405 g/mol. The number of H-pyrrole nitrogens is 1. The van der Waals surface area contributed by atoms with Gasteiger partial charge in [-0.25, -0.2) is 14.1 Å². The van der Waals surface area contributed by atoms with Crippen LogP contribution in [0.15, 0.2) is 48.5 Å². The third kappa shape index (κ3) is 4.27. The molecule has 1 unspecified atom stereocenters. The highest BCUT2D eigenvalue weighted by atomic mass is 19.1. The van der Waals surface area contributed by atoms with Crippen molar-refractivity contribution >= 4 is 0 Å². The molecule has 4 rings (SSSR count). The van der Waals surface area contributed by atoms with E-state index in [-0.39, 0.29) is 0 Å². The molecule has 0 amide bonds. The molecule has 0 bridgehead atoms. The number of halogens is 1. The second-order valence-corrected chi connectivity index (χ2v) is 7.24. The first-order chi connectivity index (χ1) is 14.7. The van der Waals surface area contributed by atoms with E-state index in [0.717, 1.165) is 41.5 Å². The van der Waals surface area contributed by atoms with E-state index < -0.39 is 6.17 Å². The van der Waals surface area contributed by atoms with E-state index in [1.807, 2.05) is 48.5 Å². The number of alkyl halides is 1. The molecule has 0 saturated carbocycles. The predicted octanol–water partition coefficient (Wildman–Crippen LogP) is 4.55. The quantitative estimate of drug-likeness (QED) is 0.465. The van der Waals surface area contributed by atoms with Gasteiger partial charge >= 0.3 is 0 Å². The van der Waals surface area contributed by atoms with Crippen molar-refractivity contribution in [1.82, 2.24) is 35.4 Å². The molecule has 0 radical (unpaired) electrons. The molecule has 0 saturated heterocycles. The molecule has 0 aliphatic heterocycles. The number of unbranched alkanes of at least 4 members (excludes halogenated alkanes) is 1. The zero-order valence-electron chi connectivity index (χ0n) is 17.1. The van der Waals surface area contributed by atoms with Crippen molar-refractivity contribution in [2.45, 2.75) is 45.8 Å². The summed E-state index contributed by atoms with van der Waals surface area (Å²) in [6, 6.07) is 16.1.